The number of benzene rings is 1. The molecule has 0 aliphatic carbocycles. The molecule has 1 atom stereocenters. The molecule has 1 aliphatic heterocycles. The number of halogens is 1. The third-order valence-corrected chi connectivity index (χ3v) is 4.39. The van der Waals surface area contributed by atoms with Crippen LogP contribution < -0.4 is 10.2 Å². The minimum absolute atomic E-state index is 0.307. The minimum atomic E-state index is 0.307. The number of hydrogen-bond acceptors (Lipinski definition) is 3. The van der Waals surface area contributed by atoms with Gasteiger partial charge < -0.3 is 15.3 Å². The predicted octanol–water partition coefficient (Wildman–Crippen LogP) is 2.77. The second-order valence-electron chi connectivity index (χ2n) is 5.18. The van der Waals surface area contributed by atoms with E-state index >= 15 is 0 Å². The van der Waals surface area contributed by atoms with Crippen molar-refractivity contribution in [3.63, 3.8) is 0 Å². The van der Waals surface area contributed by atoms with Crippen molar-refractivity contribution in [3.8, 4) is 0 Å². The van der Waals surface area contributed by atoms with E-state index in [-0.39, 0.29) is 0 Å². The second kappa shape index (κ2) is 7.27. The van der Waals surface area contributed by atoms with Crippen LogP contribution in [0.4, 0.5) is 5.69 Å². The van der Waals surface area contributed by atoms with Crippen LogP contribution >= 0.6 is 15.9 Å². The van der Waals surface area contributed by atoms with Gasteiger partial charge >= 0.3 is 0 Å². The van der Waals surface area contributed by atoms with Crippen molar-refractivity contribution in [1.82, 2.24) is 5.32 Å². The van der Waals surface area contributed by atoms with Crippen LogP contribution in [0.1, 0.15) is 25.3 Å². The molecule has 1 unspecified atom stereocenters. The average Bonchev–Trinajstić information content (AvgIpc) is 2.85. The van der Waals surface area contributed by atoms with E-state index in [1.54, 1.807) is 0 Å². The standard InChI is InChI=1S/C15H23BrN2O/c1-2-17-10-13-3-4-15(14(16)9-13)18-7-5-12(11-18)6-8-19/h3-4,9,12,17,19H,2,5-8,10-11H2,1H3. The maximum Gasteiger partial charge on any atom is 0.0510 e. The summed E-state index contributed by atoms with van der Waals surface area (Å²) in [7, 11) is 0. The molecular formula is C15H23BrN2O. The molecule has 1 fully saturated rings. The van der Waals surface area contributed by atoms with E-state index in [4.69, 9.17) is 5.11 Å². The SMILES string of the molecule is CCNCc1ccc(N2CCC(CCO)C2)c(Br)c1. The van der Waals surface area contributed by atoms with Gasteiger partial charge in [-0.2, -0.15) is 0 Å². The maximum atomic E-state index is 9.02. The van der Waals surface area contributed by atoms with Crippen molar-refractivity contribution in [1.29, 1.82) is 0 Å². The van der Waals surface area contributed by atoms with E-state index in [2.05, 4.69) is 51.3 Å². The zero-order valence-electron chi connectivity index (χ0n) is 11.5. The Morgan fingerprint density at radius 2 is 2.32 bits per heavy atom. The maximum absolute atomic E-state index is 9.02. The van der Waals surface area contributed by atoms with Crippen molar-refractivity contribution >= 4 is 21.6 Å². The fraction of sp³-hybridized carbons (Fsp3) is 0.600. The summed E-state index contributed by atoms with van der Waals surface area (Å²) in [6.07, 6.45) is 2.11. The summed E-state index contributed by atoms with van der Waals surface area (Å²) in [6.45, 7) is 6.49. The van der Waals surface area contributed by atoms with Crippen molar-refractivity contribution in [2.45, 2.75) is 26.3 Å². The third-order valence-electron chi connectivity index (χ3n) is 3.76. The Morgan fingerprint density at radius 1 is 1.47 bits per heavy atom. The van der Waals surface area contributed by atoms with Crippen molar-refractivity contribution in [2.75, 3.05) is 31.1 Å². The van der Waals surface area contributed by atoms with Gasteiger partial charge in [0.1, 0.15) is 0 Å². The normalized spacial score (nSPS) is 19.1. The summed E-state index contributed by atoms with van der Waals surface area (Å²) in [5.74, 6) is 0.637. The highest BCUT2D eigenvalue weighted by molar-refractivity contribution is 9.10. The van der Waals surface area contributed by atoms with E-state index in [9.17, 15) is 0 Å². The molecule has 2 N–H and O–H groups in total. The van der Waals surface area contributed by atoms with Crippen LogP contribution in [0, 0.1) is 5.92 Å². The summed E-state index contributed by atoms with van der Waals surface area (Å²) >= 11 is 3.69. The number of aliphatic hydroxyl groups excluding tert-OH is 1. The average molecular weight is 327 g/mol. The molecule has 0 bridgehead atoms. The van der Waals surface area contributed by atoms with Crippen molar-refractivity contribution in [2.24, 2.45) is 5.92 Å². The molecule has 0 radical (unpaired) electrons. The largest absolute Gasteiger partial charge is 0.396 e. The molecule has 0 amide bonds. The number of anilines is 1. The first-order chi connectivity index (χ1) is 9.24. The lowest BCUT2D eigenvalue weighted by Crippen LogP contribution is -2.20. The van der Waals surface area contributed by atoms with Crippen LogP contribution in [-0.4, -0.2) is 31.3 Å². The number of nitrogens with one attached hydrogen (secondary N) is 1. The van der Waals surface area contributed by atoms with E-state index in [0.29, 0.717) is 12.5 Å². The first-order valence-corrected chi connectivity index (χ1v) is 7.88. The second-order valence-corrected chi connectivity index (χ2v) is 6.03. The molecule has 19 heavy (non-hydrogen) atoms. The van der Waals surface area contributed by atoms with Crippen LogP contribution in [-0.2, 0) is 6.54 Å². The van der Waals surface area contributed by atoms with Crippen molar-refractivity contribution in [3.05, 3.63) is 28.2 Å². The summed E-state index contributed by atoms with van der Waals surface area (Å²) in [5.41, 5.74) is 2.59. The lowest BCUT2D eigenvalue weighted by molar-refractivity contribution is 0.263. The molecule has 1 aromatic rings. The Kier molecular flexibility index (Phi) is 5.67. The molecule has 106 valence electrons. The fourth-order valence-electron chi connectivity index (χ4n) is 2.66. The van der Waals surface area contributed by atoms with E-state index in [0.717, 1.165) is 32.6 Å². The molecule has 1 heterocycles. The molecule has 2 rings (SSSR count). The highest BCUT2D eigenvalue weighted by Crippen LogP contribution is 2.32. The third kappa shape index (κ3) is 3.94. The molecule has 0 saturated carbocycles. The van der Waals surface area contributed by atoms with Gasteiger partial charge in [0, 0.05) is 30.7 Å². The van der Waals surface area contributed by atoms with Crippen LogP contribution in [0.5, 0.6) is 0 Å². The summed E-state index contributed by atoms with van der Waals surface area (Å²) < 4.78 is 1.17. The van der Waals surface area contributed by atoms with Gasteiger partial charge in [-0.3, -0.25) is 0 Å². The molecule has 1 aliphatic rings. The summed E-state index contributed by atoms with van der Waals surface area (Å²) in [5, 5.41) is 12.4. The quantitative estimate of drug-likeness (QED) is 0.843. The molecule has 0 spiro atoms. The molecular weight excluding hydrogens is 304 g/mol. The molecule has 4 heteroatoms. The van der Waals surface area contributed by atoms with Gasteiger partial charge in [-0.15, -0.1) is 0 Å². The minimum Gasteiger partial charge on any atom is -0.396 e. The summed E-state index contributed by atoms with van der Waals surface area (Å²) in [6, 6.07) is 6.61. The van der Waals surface area contributed by atoms with Crippen LogP contribution in [0.25, 0.3) is 0 Å². The smallest absolute Gasteiger partial charge is 0.0510 e. The fourth-order valence-corrected chi connectivity index (χ4v) is 3.33. The Labute approximate surface area is 124 Å². The van der Waals surface area contributed by atoms with E-state index < -0.39 is 0 Å². The molecule has 0 aromatic heterocycles. The van der Waals surface area contributed by atoms with Crippen LogP contribution in [0.15, 0.2) is 22.7 Å². The van der Waals surface area contributed by atoms with Gasteiger partial charge in [0.15, 0.2) is 0 Å². The van der Waals surface area contributed by atoms with Gasteiger partial charge in [0.05, 0.1) is 5.69 Å². The highest BCUT2D eigenvalue weighted by atomic mass is 79.9. The highest BCUT2D eigenvalue weighted by Gasteiger charge is 2.23. The Hall–Kier alpha value is -0.580. The van der Waals surface area contributed by atoms with E-state index in [1.807, 2.05) is 0 Å². The zero-order valence-corrected chi connectivity index (χ0v) is 13.1. The van der Waals surface area contributed by atoms with Crippen molar-refractivity contribution < 1.29 is 5.11 Å². The van der Waals surface area contributed by atoms with E-state index in [1.165, 1.54) is 22.1 Å². The Bertz CT molecular complexity index is 411. The molecule has 3 nitrogen and oxygen atoms in total. The number of aliphatic hydroxyl groups is 1. The Morgan fingerprint density at radius 3 is 3.00 bits per heavy atom. The number of nitrogens with zero attached hydrogens (tertiary/aromatic N) is 1. The summed E-state index contributed by atoms with van der Waals surface area (Å²) in [4.78, 5) is 2.42. The lowest BCUT2D eigenvalue weighted by atomic mass is 10.1. The van der Waals surface area contributed by atoms with Gasteiger partial charge in [-0.1, -0.05) is 13.0 Å². The van der Waals surface area contributed by atoms with Crippen LogP contribution in [0.3, 0.4) is 0 Å². The van der Waals surface area contributed by atoms with Gasteiger partial charge in [0.2, 0.25) is 0 Å². The lowest BCUT2D eigenvalue weighted by Gasteiger charge is -2.21. The first-order valence-electron chi connectivity index (χ1n) is 7.09. The van der Waals surface area contributed by atoms with Gasteiger partial charge in [-0.05, 0) is 58.9 Å². The Balaban J connectivity index is 2.01. The van der Waals surface area contributed by atoms with Crippen LogP contribution in [0.2, 0.25) is 0 Å². The number of hydrogen-bond donors (Lipinski definition) is 2. The topological polar surface area (TPSA) is 35.5 Å². The predicted molar refractivity (Wildman–Crippen MR) is 83.5 cm³/mol. The monoisotopic (exact) mass is 326 g/mol. The van der Waals surface area contributed by atoms with Gasteiger partial charge in [-0.25, -0.2) is 0 Å². The zero-order chi connectivity index (χ0) is 13.7. The number of rotatable bonds is 6. The van der Waals surface area contributed by atoms with Gasteiger partial charge in [0.25, 0.3) is 0 Å². The molecule has 1 saturated heterocycles. The first kappa shape index (κ1) is 14.8. The molecule has 1 aromatic carbocycles.